The SMILES string of the molecule is CCN(Cc1ccc(F)c(C#N)c1)CC1CCCCN1. The van der Waals surface area contributed by atoms with Crippen LogP contribution in [0.3, 0.4) is 0 Å². The van der Waals surface area contributed by atoms with E-state index >= 15 is 0 Å². The van der Waals surface area contributed by atoms with Gasteiger partial charge in [-0.05, 0) is 43.6 Å². The van der Waals surface area contributed by atoms with Crippen molar-refractivity contribution in [3.05, 3.63) is 35.1 Å². The highest BCUT2D eigenvalue weighted by molar-refractivity contribution is 5.34. The summed E-state index contributed by atoms with van der Waals surface area (Å²) in [5, 5.41) is 12.4. The number of piperidine rings is 1. The topological polar surface area (TPSA) is 39.1 Å². The smallest absolute Gasteiger partial charge is 0.140 e. The molecule has 0 aromatic heterocycles. The van der Waals surface area contributed by atoms with Gasteiger partial charge < -0.3 is 5.32 Å². The number of likely N-dealkylation sites (N-methyl/N-ethyl adjacent to an activating group) is 1. The van der Waals surface area contributed by atoms with E-state index in [1.807, 2.05) is 6.07 Å². The summed E-state index contributed by atoms with van der Waals surface area (Å²) in [6, 6.07) is 7.28. The Labute approximate surface area is 120 Å². The number of nitrogens with zero attached hydrogens (tertiary/aromatic N) is 2. The number of benzene rings is 1. The second-order valence-corrected chi connectivity index (χ2v) is 5.40. The summed E-state index contributed by atoms with van der Waals surface area (Å²) in [6.07, 6.45) is 3.79. The molecule has 0 radical (unpaired) electrons. The second-order valence-electron chi connectivity index (χ2n) is 5.40. The predicted molar refractivity (Wildman–Crippen MR) is 77.7 cm³/mol. The van der Waals surface area contributed by atoms with E-state index < -0.39 is 5.82 Å². The Hall–Kier alpha value is -1.44. The molecule has 1 atom stereocenters. The first-order valence-corrected chi connectivity index (χ1v) is 7.37. The largest absolute Gasteiger partial charge is 0.313 e. The van der Waals surface area contributed by atoms with Crippen molar-refractivity contribution in [1.82, 2.24) is 10.2 Å². The van der Waals surface area contributed by atoms with Crippen LogP contribution in [0.1, 0.15) is 37.3 Å². The number of rotatable bonds is 5. The molecule has 0 saturated carbocycles. The van der Waals surface area contributed by atoms with Crippen molar-refractivity contribution in [2.75, 3.05) is 19.6 Å². The molecule has 1 aromatic rings. The minimum absolute atomic E-state index is 0.134. The zero-order valence-electron chi connectivity index (χ0n) is 12.0. The Morgan fingerprint density at radius 3 is 2.95 bits per heavy atom. The van der Waals surface area contributed by atoms with Crippen LogP contribution in [0, 0.1) is 17.1 Å². The van der Waals surface area contributed by atoms with Crippen molar-refractivity contribution in [3.8, 4) is 6.07 Å². The molecule has 1 N–H and O–H groups in total. The molecule has 0 bridgehead atoms. The molecule has 0 amide bonds. The Morgan fingerprint density at radius 1 is 1.45 bits per heavy atom. The minimum Gasteiger partial charge on any atom is -0.313 e. The lowest BCUT2D eigenvalue weighted by Crippen LogP contribution is -2.43. The third-order valence-electron chi connectivity index (χ3n) is 3.90. The van der Waals surface area contributed by atoms with Gasteiger partial charge in [-0.25, -0.2) is 4.39 Å². The molecular weight excluding hydrogens is 253 g/mol. The molecule has 20 heavy (non-hydrogen) atoms. The van der Waals surface area contributed by atoms with Crippen molar-refractivity contribution in [2.24, 2.45) is 0 Å². The minimum atomic E-state index is -0.437. The van der Waals surface area contributed by atoms with Gasteiger partial charge in [0, 0.05) is 19.1 Å². The third kappa shape index (κ3) is 4.03. The Morgan fingerprint density at radius 2 is 2.30 bits per heavy atom. The van der Waals surface area contributed by atoms with E-state index in [9.17, 15) is 4.39 Å². The van der Waals surface area contributed by atoms with Gasteiger partial charge in [-0.2, -0.15) is 5.26 Å². The van der Waals surface area contributed by atoms with E-state index in [4.69, 9.17) is 5.26 Å². The highest BCUT2D eigenvalue weighted by atomic mass is 19.1. The van der Waals surface area contributed by atoms with Gasteiger partial charge in [-0.1, -0.05) is 19.4 Å². The van der Waals surface area contributed by atoms with Gasteiger partial charge >= 0.3 is 0 Å². The normalized spacial score (nSPS) is 19.0. The van der Waals surface area contributed by atoms with Crippen LogP contribution in [0.25, 0.3) is 0 Å². The summed E-state index contributed by atoms with van der Waals surface area (Å²) in [4.78, 5) is 2.34. The average Bonchev–Trinajstić information content (AvgIpc) is 2.49. The fraction of sp³-hybridized carbons (Fsp3) is 0.562. The molecule has 2 rings (SSSR count). The standard InChI is InChI=1S/C16H22FN3/c1-2-20(12-15-5-3-4-8-19-15)11-13-6-7-16(17)14(9-13)10-18/h6-7,9,15,19H,2-5,8,11-12H2,1H3. The molecule has 1 aliphatic rings. The maximum Gasteiger partial charge on any atom is 0.140 e. The molecule has 108 valence electrons. The van der Waals surface area contributed by atoms with Gasteiger partial charge in [-0.3, -0.25) is 4.90 Å². The van der Waals surface area contributed by atoms with Crippen LogP contribution in [-0.2, 0) is 6.54 Å². The van der Waals surface area contributed by atoms with Crippen molar-refractivity contribution >= 4 is 0 Å². The number of hydrogen-bond acceptors (Lipinski definition) is 3. The Balaban J connectivity index is 1.97. The summed E-state index contributed by atoms with van der Waals surface area (Å²) in [5.74, 6) is -0.437. The van der Waals surface area contributed by atoms with Gasteiger partial charge in [0.15, 0.2) is 0 Å². The fourth-order valence-electron chi connectivity index (χ4n) is 2.71. The summed E-state index contributed by atoms with van der Waals surface area (Å²) in [6.45, 7) is 5.98. The maximum absolute atomic E-state index is 13.3. The lowest BCUT2D eigenvalue weighted by Gasteiger charge is -2.30. The second kappa shape index (κ2) is 7.37. The van der Waals surface area contributed by atoms with Crippen molar-refractivity contribution in [2.45, 2.75) is 38.8 Å². The van der Waals surface area contributed by atoms with E-state index in [0.29, 0.717) is 6.04 Å². The van der Waals surface area contributed by atoms with Crippen LogP contribution in [0.5, 0.6) is 0 Å². The molecule has 3 nitrogen and oxygen atoms in total. The van der Waals surface area contributed by atoms with Gasteiger partial charge in [0.25, 0.3) is 0 Å². The monoisotopic (exact) mass is 275 g/mol. The highest BCUT2D eigenvalue weighted by Gasteiger charge is 2.16. The van der Waals surface area contributed by atoms with Crippen molar-refractivity contribution in [1.29, 1.82) is 5.26 Å². The number of hydrogen-bond donors (Lipinski definition) is 1. The number of nitriles is 1. The molecule has 1 aliphatic heterocycles. The van der Waals surface area contributed by atoms with Crippen molar-refractivity contribution in [3.63, 3.8) is 0 Å². The summed E-state index contributed by atoms with van der Waals surface area (Å²) < 4.78 is 13.3. The quantitative estimate of drug-likeness (QED) is 0.898. The first-order chi connectivity index (χ1) is 9.72. The van der Waals surface area contributed by atoms with Gasteiger partial charge in [0.05, 0.1) is 5.56 Å². The number of nitrogens with one attached hydrogen (secondary N) is 1. The predicted octanol–water partition coefficient (Wildman–Crippen LogP) is 2.66. The van der Waals surface area contributed by atoms with Gasteiger partial charge in [0.1, 0.15) is 11.9 Å². The molecule has 1 heterocycles. The maximum atomic E-state index is 13.3. The van der Waals surface area contributed by atoms with Crippen LogP contribution >= 0.6 is 0 Å². The molecule has 1 saturated heterocycles. The highest BCUT2D eigenvalue weighted by Crippen LogP contribution is 2.14. The lowest BCUT2D eigenvalue weighted by molar-refractivity contribution is 0.226. The summed E-state index contributed by atoms with van der Waals surface area (Å²) in [7, 11) is 0. The molecule has 4 heteroatoms. The molecular formula is C16H22FN3. The fourth-order valence-corrected chi connectivity index (χ4v) is 2.71. The van der Waals surface area contributed by atoms with Gasteiger partial charge in [0.2, 0.25) is 0 Å². The van der Waals surface area contributed by atoms with Crippen molar-refractivity contribution < 1.29 is 4.39 Å². The van der Waals surface area contributed by atoms with Gasteiger partial charge in [-0.15, -0.1) is 0 Å². The van der Waals surface area contributed by atoms with Crippen LogP contribution in [0.15, 0.2) is 18.2 Å². The molecule has 1 aromatic carbocycles. The Kier molecular flexibility index (Phi) is 5.51. The van der Waals surface area contributed by atoms with Crippen LogP contribution in [0.4, 0.5) is 4.39 Å². The van der Waals surface area contributed by atoms with Crippen LogP contribution in [-0.4, -0.2) is 30.6 Å². The molecule has 1 fully saturated rings. The zero-order valence-corrected chi connectivity index (χ0v) is 12.0. The summed E-state index contributed by atoms with van der Waals surface area (Å²) in [5.41, 5.74) is 1.13. The molecule has 0 spiro atoms. The van der Waals surface area contributed by atoms with E-state index in [1.165, 1.54) is 25.3 Å². The molecule has 1 unspecified atom stereocenters. The van der Waals surface area contributed by atoms with E-state index in [1.54, 1.807) is 12.1 Å². The zero-order chi connectivity index (χ0) is 14.4. The van der Waals surface area contributed by atoms with Crippen LogP contribution < -0.4 is 5.32 Å². The first kappa shape index (κ1) is 15.0. The average molecular weight is 275 g/mol. The lowest BCUT2D eigenvalue weighted by atomic mass is 10.0. The molecule has 0 aliphatic carbocycles. The summed E-state index contributed by atoms with van der Waals surface area (Å²) >= 11 is 0. The Bertz CT molecular complexity index is 475. The van der Waals surface area contributed by atoms with E-state index in [0.717, 1.165) is 31.7 Å². The number of halogens is 1. The third-order valence-corrected chi connectivity index (χ3v) is 3.90. The van der Waals surface area contributed by atoms with E-state index in [-0.39, 0.29) is 5.56 Å². The van der Waals surface area contributed by atoms with E-state index in [2.05, 4.69) is 17.1 Å². The van der Waals surface area contributed by atoms with Crippen LogP contribution in [0.2, 0.25) is 0 Å². The first-order valence-electron chi connectivity index (χ1n) is 7.37.